The van der Waals surface area contributed by atoms with E-state index in [-0.39, 0.29) is 10.5 Å². The first-order chi connectivity index (χ1) is 9.79. The Morgan fingerprint density at radius 3 is 2.19 bits per heavy atom. The first kappa shape index (κ1) is 15.1. The number of hydrogen-bond acceptors (Lipinski definition) is 3. The summed E-state index contributed by atoms with van der Waals surface area (Å²) in [5.74, 6) is -1.10. The predicted octanol–water partition coefficient (Wildman–Crippen LogP) is 2.80. The number of carbonyl (C=O) groups is 1. The molecule has 0 aliphatic rings. The van der Waals surface area contributed by atoms with Gasteiger partial charge in [-0.3, -0.25) is 4.72 Å². The summed E-state index contributed by atoms with van der Waals surface area (Å²) in [5.41, 5.74) is 2.41. The molecule has 0 atom stereocenters. The monoisotopic (exact) mass is 305 g/mol. The molecule has 0 amide bonds. The lowest BCUT2D eigenvalue weighted by Gasteiger charge is -2.11. The average Bonchev–Trinajstić information content (AvgIpc) is 2.42. The number of aryl methyl sites for hydroxylation is 2. The minimum atomic E-state index is -3.73. The van der Waals surface area contributed by atoms with Crippen LogP contribution in [0.25, 0.3) is 0 Å². The fourth-order valence-electron chi connectivity index (χ4n) is 1.91. The molecule has 2 rings (SSSR count). The summed E-state index contributed by atoms with van der Waals surface area (Å²) in [6.07, 6.45) is 0. The Kier molecular flexibility index (Phi) is 3.99. The zero-order valence-corrected chi connectivity index (χ0v) is 12.4. The van der Waals surface area contributed by atoms with Crippen LogP contribution in [0.2, 0.25) is 0 Å². The zero-order valence-electron chi connectivity index (χ0n) is 11.6. The van der Waals surface area contributed by atoms with Gasteiger partial charge in [-0.05, 0) is 49.7 Å². The van der Waals surface area contributed by atoms with Crippen LogP contribution in [0.1, 0.15) is 21.5 Å². The van der Waals surface area contributed by atoms with Crippen molar-refractivity contribution in [2.75, 3.05) is 4.72 Å². The first-order valence-corrected chi connectivity index (χ1v) is 7.71. The molecule has 0 saturated carbocycles. The van der Waals surface area contributed by atoms with E-state index in [1.54, 1.807) is 6.07 Å². The number of anilines is 1. The van der Waals surface area contributed by atoms with Gasteiger partial charge in [-0.2, -0.15) is 0 Å². The highest BCUT2D eigenvalue weighted by molar-refractivity contribution is 7.92. The maximum absolute atomic E-state index is 12.3. The number of sulfonamides is 1. The van der Waals surface area contributed by atoms with Gasteiger partial charge >= 0.3 is 5.97 Å². The van der Waals surface area contributed by atoms with Gasteiger partial charge in [0.2, 0.25) is 0 Å². The van der Waals surface area contributed by atoms with Crippen molar-refractivity contribution in [1.82, 2.24) is 0 Å². The van der Waals surface area contributed by atoms with E-state index in [2.05, 4.69) is 4.72 Å². The van der Waals surface area contributed by atoms with Crippen LogP contribution in [0.15, 0.2) is 47.4 Å². The van der Waals surface area contributed by atoms with Crippen molar-refractivity contribution in [2.45, 2.75) is 18.7 Å². The molecule has 110 valence electrons. The van der Waals surface area contributed by atoms with Crippen LogP contribution >= 0.6 is 0 Å². The number of nitrogens with one attached hydrogen (secondary N) is 1. The molecule has 2 N–H and O–H groups in total. The fraction of sp³-hybridized carbons (Fsp3) is 0.133. The van der Waals surface area contributed by atoms with Gasteiger partial charge in [0, 0.05) is 0 Å². The van der Waals surface area contributed by atoms with Crippen molar-refractivity contribution in [3.8, 4) is 0 Å². The van der Waals surface area contributed by atoms with Gasteiger partial charge in [0.25, 0.3) is 10.0 Å². The normalized spacial score (nSPS) is 11.1. The van der Waals surface area contributed by atoms with E-state index in [9.17, 15) is 13.2 Å². The highest BCUT2D eigenvalue weighted by Gasteiger charge is 2.16. The molecular formula is C15H15NO4S. The maximum Gasteiger partial charge on any atom is 0.335 e. The summed E-state index contributed by atoms with van der Waals surface area (Å²) in [6.45, 7) is 3.74. The smallest absolute Gasteiger partial charge is 0.335 e. The molecular weight excluding hydrogens is 290 g/mol. The molecule has 2 aromatic rings. The molecule has 0 bridgehead atoms. The molecule has 6 heteroatoms. The van der Waals surface area contributed by atoms with E-state index in [1.807, 2.05) is 26.0 Å². The summed E-state index contributed by atoms with van der Waals surface area (Å²) in [4.78, 5) is 10.8. The third-order valence-corrected chi connectivity index (χ3v) is 4.42. The minimum absolute atomic E-state index is 0.0208. The molecule has 21 heavy (non-hydrogen) atoms. The molecule has 0 saturated heterocycles. The van der Waals surface area contributed by atoms with E-state index in [4.69, 9.17) is 5.11 Å². The topological polar surface area (TPSA) is 83.5 Å². The second kappa shape index (κ2) is 5.57. The van der Waals surface area contributed by atoms with Crippen LogP contribution in [0.4, 0.5) is 5.69 Å². The van der Waals surface area contributed by atoms with E-state index in [1.165, 1.54) is 24.3 Å². The number of hydrogen-bond donors (Lipinski definition) is 2. The molecule has 5 nitrogen and oxygen atoms in total. The Labute approximate surface area is 123 Å². The number of carboxylic acid groups (broad SMARTS) is 1. The summed E-state index contributed by atoms with van der Waals surface area (Å²) >= 11 is 0. The lowest BCUT2D eigenvalue weighted by molar-refractivity contribution is 0.0696. The highest BCUT2D eigenvalue weighted by atomic mass is 32.2. The summed E-state index contributed by atoms with van der Waals surface area (Å²) in [6, 6.07) is 10.5. The molecule has 0 heterocycles. The second-order valence-corrected chi connectivity index (χ2v) is 6.44. The first-order valence-electron chi connectivity index (χ1n) is 6.23. The van der Waals surface area contributed by atoms with Crippen LogP contribution in [0.3, 0.4) is 0 Å². The lowest BCUT2D eigenvalue weighted by atomic mass is 10.1. The average molecular weight is 305 g/mol. The van der Waals surface area contributed by atoms with Crippen LogP contribution < -0.4 is 4.72 Å². The summed E-state index contributed by atoms with van der Waals surface area (Å²) in [5, 5.41) is 8.81. The molecule has 0 radical (unpaired) electrons. The number of rotatable bonds is 4. The molecule has 0 aromatic heterocycles. The highest BCUT2D eigenvalue weighted by Crippen LogP contribution is 2.21. The quantitative estimate of drug-likeness (QED) is 0.909. The zero-order chi connectivity index (χ0) is 15.6. The van der Waals surface area contributed by atoms with Crippen molar-refractivity contribution < 1.29 is 18.3 Å². The predicted molar refractivity (Wildman–Crippen MR) is 80.1 cm³/mol. The van der Waals surface area contributed by atoms with Gasteiger partial charge in [-0.25, -0.2) is 13.2 Å². The van der Waals surface area contributed by atoms with Gasteiger partial charge in [-0.1, -0.05) is 17.7 Å². The number of benzene rings is 2. The van der Waals surface area contributed by atoms with E-state index < -0.39 is 16.0 Å². The third kappa shape index (κ3) is 3.41. The van der Waals surface area contributed by atoms with Crippen molar-refractivity contribution in [3.05, 3.63) is 59.2 Å². The molecule has 0 unspecified atom stereocenters. The lowest BCUT2D eigenvalue weighted by Crippen LogP contribution is -2.14. The van der Waals surface area contributed by atoms with Gasteiger partial charge < -0.3 is 5.11 Å². The second-order valence-electron chi connectivity index (χ2n) is 4.75. The Hall–Kier alpha value is -2.34. The number of aromatic carboxylic acids is 1. The maximum atomic E-state index is 12.3. The molecule has 0 aliphatic heterocycles. The van der Waals surface area contributed by atoms with Crippen LogP contribution in [0.5, 0.6) is 0 Å². The fourth-order valence-corrected chi connectivity index (χ4v) is 3.04. The minimum Gasteiger partial charge on any atom is -0.478 e. The molecule has 0 fully saturated rings. The third-order valence-electron chi connectivity index (χ3n) is 3.04. The Morgan fingerprint density at radius 1 is 1.05 bits per heavy atom. The van der Waals surface area contributed by atoms with E-state index >= 15 is 0 Å². The van der Waals surface area contributed by atoms with Gasteiger partial charge in [0.15, 0.2) is 0 Å². The standard InChI is InChI=1S/C15H15NO4S/c1-10-3-8-14(11(2)9-10)16-21(19,20)13-6-4-12(5-7-13)15(17)18/h3-9,16H,1-2H3,(H,17,18). The van der Waals surface area contributed by atoms with Gasteiger partial charge in [0.05, 0.1) is 16.1 Å². The largest absolute Gasteiger partial charge is 0.478 e. The molecule has 2 aromatic carbocycles. The molecule has 0 spiro atoms. The SMILES string of the molecule is Cc1ccc(NS(=O)(=O)c2ccc(C(=O)O)cc2)c(C)c1. The van der Waals surface area contributed by atoms with Crippen LogP contribution in [-0.4, -0.2) is 19.5 Å². The summed E-state index contributed by atoms with van der Waals surface area (Å²) in [7, 11) is -3.73. The Balaban J connectivity index is 2.31. The van der Waals surface area contributed by atoms with Crippen LogP contribution in [0, 0.1) is 13.8 Å². The summed E-state index contributed by atoms with van der Waals surface area (Å²) < 4.78 is 27.0. The Morgan fingerprint density at radius 2 is 1.67 bits per heavy atom. The van der Waals surface area contributed by atoms with Gasteiger partial charge in [0.1, 0.15) is 0 Å². The van der Waals surface area contributed by atoms with E-state index in [0.29, 0.717) is 5.69 Å². The van der Waals surface area contributed by atoms with Crippen molar-refractivity contribution in [2.24, 2.45) is 0 Å². The van der Waals surface area contributed by atoms with Crippen molar-refractivity contribution in [1.29, 1.82) is 0 Å². The molecule has 0 aliphatic carbocycles. The van der Waals surface area contributed by atoms with E-state index in [0.717, 1.165) is 11.1 Å². The Bertz CT molecular complexity index is 780. The van der Waals surface area contributed by atoms with Gasteiger partial charge in [-0.15, -0.1) is 0 Å². The van der Waals surface area contributed by atoms with Crippen molar-refractivity contribution >= 4 is 21.7 Å². The van der Waals surface area contributed by atoms with Crippen molar-refractivity contribution in [3.63, 3.8) is 0 Å². The van der Waals surface area contributed by atoms with Crippen LogP contribution in [-0.2, 0) is 10.0 Å². The number of carboxylic acids is 1.